The molecule has 3 rings (SSSR count). The fourth-order valence-corrected chi connectivity index (χ4v) is 3.70. The molecule has 0 bridgehead atoms. The number of carbonyl (C=O) groups is 2. The molecule has 166 valence electrons. The highest BCUT2D eigenvalue weighted by Crippen LogP contribution is 2.32. The van der Waals surface area contributed by atoms with Gasteiger partial charge in [0.1, 0.15) is 11.5 Å². The number of hydrogen-bond donors (Lipinski definition) is 3. The van der Waals surface area contributed by atoms with Crippen LogP contribution in [0.2, 0.25) is 0 Å². The summed E-state index contributed by atoms with van der Waals surface area (Å²) in [5, 5.41) is 4.39. The Bertz CT molecular complexity index is 1170. The van der Waals surface area contributed by atoms with E-state index < -0.39 is 11.8 Å². The Balaban J connectivity index is 1.39. The molecule has 0 radical (unpaired) electrons. The zero-order valence-electron chi connectivity index (χ0n) is 16.9. The number of halogens is 2. The lowest BCUT2D eigenvalue weighted by atomic mass is 10.1. The van der Waals surface area contributed by atoms with Crippen LogP contribution in [0.25, 0.3) is 10.8 Å². The summed E-state index contributed by atoms with van der Waals surface area (Å²) < 4.78 is 12.7. The first-order valence-corrected chi connectivity index (χ1v) is 11.4. The van der Waals surface area contributed by atoms with Gasteiger partial charge in [-0.3, -0.25) is 25.8 Å². The standard InChI is InChI=1S/C22H19Br2N3O4S/c1-13-10-15(7-8-17(13)23)30-11-19(28)25-22(32)27-26-20(29)12-31-18-9-6-14-4-2-3-5-16(14)21(18)24/h2-10H,11-12H2,1H3,(H,26,29)(H2,25,27,28,32). The third-order valence-corrected chi connectivity index (χ3v) is 6.17. The van der Waals surface area contributed by atoms with Gasteiger partial charge < -0.3 is 9.47 Å². The maximum Gasteiger partial charge on any atom is 0.276 e. The summed E-state index contributed by atoms with van der Waals surface area (Å²) in [4.78, 5) is 24.0. The first kappa shape index (κ1) is 24.0. The van der Waals surface area contributed by atoms with Gasteiger partial charge in [-0.2, -0.15) is 0 Å². The largest absolute Gasteiger partial charge is 0.484 e. The molecule has 10 heteroatoms. The molecule has 0 aromatic heterocycles. The highest BCUT2D eigenvalue weighted by molar-refractivity contribution is 9.11. The number of rotatable bonds is 6. The maximum atomic E-state index is 12.0. The van der Waals surface area contributed by atoms with Crippen LogP contribution in [0, 0.1) is 6.92 Å². The number of benzene rings is 3. The Morgan fingerprint density at radius 2 is 1.69 bits per heavy atom. The smallest absolute Gasteiger partial charge is 0.276 e. The van der Waals surface area contributed by atoms with Gasteiger partial charge in [-0.15, -0.1) is 0 Å². The van der Waals surface area contributed by atoms with Crippen molar-refractivity contribution in [3.63, 3.8) is 0 Å². The molecule has 2 amide bonds. The quantitative estimate of drug-likeness (QED) is 0.300. The Morgan fingerprint density at radius 1 is 0.938 bits per heavy atom. The molecule has 0 atom stereocenters. The minimum absolute atomic E-state index is 0.0641. The first-order valence-electron chi connectivity index (χ1n) is 9.41. The van der Waals surface area contributed by atoms with Gasteiger partial charge >= 0.3 is 0 Å². The van der Waals surface area contributed by atoms with Crippen molar-refractivity contribution in [2.45, 2.75) is 6.92 Å². The lowest BCUT2D eigenvalue weighted by molar-refractivity contribution is -0.124. The monoisotopic (exact) mass is 579 g/mol. The van der Waals surface area contributed by atoms with Gasteiger partial charge in [0.05, 0.1) is 4.47 Å². The molecule has 3 N–H and O–H groups in total. The molecule has 0 saturated carbocycles. The van der Waals surface area contributed by atoms with E-state index in [-0.39, 0.29) is 18.3 Å². The molecule has 3 aromatic carbocycles. The summed E-state index contributed by atoms with van der Waals surface area (Å²) in [6.45, 7) is 1.45. The Hall–Kier alpha value is -2.69. The highest BCUT2D eigenvalue weighted by Gasteiger charge is 2.10. The van der Waals surface area contributed by atoms with Crippen molar-refractivity contribution < 1.29 is 19.1 Å². The normalized spacial score (nSPS) is 10.3. The molecular weight excluding hydrogens is 562 g/mol. The van der Waals surface area contributed by atoms with E-state index in [1.165, 1.54) is 0 Å². The van der Waals surface area contributed by atoms with Crippen molar-refractivity contribution in [1.29, 1.82) is 0 Å². The average molecular weight is 581 g/mol. The number of thiocarbonyl (C=S) groups is 1. The van der Waals surface area contributed by atoms with Crippen LogP contribution in [-0.4, -0.2) is 30.1 Å². The van der Waals surface area contributed by atoms with Crippen LogP contribution in [0.5, 0.6) is 11.5 Å². The Kier molecular flexibility index (Phi) is 8.43. The zero-order chi connectivity index (χ0) is 23.1. The van der Waals surface area contributed by atoms with Gasteiger partial charge in [0.2, 0.25) is 0 Å². The second-order valence-corrected chi connectivity index (χ2v) is 8.69. The molecular formula is C22H19Br2N3O4S. The third-order valence-electron chi connectivity index (χ3n) is 4.25. The van der Waals surface area contributed by atoms with E-state index >= 15 is 0 Å². The number of aryl methyl sites for hydroxylation is 1. The van der Waals surface area contributed by atoms with Gasteiger partial charge in [-0.25, -0.2) is 0 Å². The van der Waals surface area contributed by atoms with E-state index in [4.69, 9.17) is 21.7 Å². The number of fused-ring (bicyclic) bond motifs is 1. The van der Waals surface area contributed by atoms with E-state index in [1.807, 2.05) is 49.4 Å². The van der Waals surface area contributed by atoms with Crippen LogP contribution in [-0.2, 0) is 9.59 Å². The van der Waals surface area contributed by atoms with Crippen molar-refractivity contribution in [1.82, 2.24) is 16.2 Å². The number of carbonyl (C=O) groups excluding carboxylic acids is 2. The van der Waals surface area contributed by atoms with Crippen molar-refractivity contribution in [2.75, 3.05) is 13.2 Å². The van der Waals surface area contributed by atoms with Crippen molar-refractivity contribution >= 4 is 71.8 Å². The number of hydrogen-bond acceptors (Lipinski definition) is 5. The molecule has 7 nitrogen and oxygen atoms in total. The van der Waals surface area contributed by atoms with Crippen molar-refractivity contribution in [3.05, 3.63) is 69.1 Å². The number of nitrogens with one attached hydrogen (secondary N) is 3. The molecule has 0 fully saturated rings. The summed E-state index contributed by atoms with van der Waals surface area (Å²) in [5.41, 5.74) is 5.81. The van der Waals surface area contributed by atoms with E-state index in [9.17, 15) is 9.59 Å². The topological polar surface area (TPSA) is 88.7 Å². The van der Waals surface area contributed by atoms with Crippen LogP contribution in [0.4, 0.5) is 0 Å². The van der Waals surface area contributed by atoms with E-state index in [0.717, 1.165) is 25.3 Å². The fourth-order valence-electron chi connectivity index (χ4n) is 2.68. The van der Waals surface area contributed by atoms with Gasteiger partial charge in [0.25, 0.3) is 11.8 Å². The van der Waals surface area contributed by atoms with E-state index in [0.29, 0.717) is 11.5 Å². The minimum atomic E-state index is -0.469. The third kappa shape index (κ3) is 6.65. The lowest BCUT2D eigenvalue weighted by Gasteiger charge is -2.13. The maximum absolute atomic E-state index is 12.0. The van der Waals surface area contributed by atoms with E-state index in [1.54, 1.807) is 12.1 Å². The summed E-state index contributed by atoms with van der Waals surface area (Å²) in [5.74, 6) is 0.164. The fraction of sp³-hybridized carbons (Fsp3) is 0.136. The predicted octanol–water partition coefficient (Wildman–Crippen LogP) is 4.15. The Morgan fingerprint density at radius 3 is 2.47 bits per heavy atom. The summed E-state index contributed by atoms with van der Waals surface area (Å²) in [7, 11) is 0. The predicted molar refractivity (Wildman–Crippen MR) is 134 cm³/mol. The van der Waals surface area contributed by atoms with Gasteiger partial charge in [0, 0.05) is 4.47 Å². The molecule has 0 spiro atoms. The molecule has 0 aliphatic heterocycles. The molecule has 0 heterocycles. The van der Waals surface area contributed by atoms with E-state index in [2.05, 4.69) is 48.0 Å². The van der Waals surface area contributed by atoms with Crippen LogP contribution in [0.1, 0.15) is 5.56 Å². The summed E-state index contributed by atoms with van der Waals surface area (Å²) >= 11 is 11.9. The van der Waals surface area contributed by atoms with Gasteiger partial charge in [0.15, 0.2) is 18.3 Å². The van der Waals surface area contributed by atoms with Crippen molar-refractivity contribution in [3.8, 4) is 11.5 Å². The SMILES string of the molecule is Cc1cc(OCC(=O)NC(=S)NNC(=O)COc2ccc3ccccc3c2Br)ccc1Br. The summed E-state index contributed by atoms with van der Waals surface area (Å²) in [6.07, 6.45) is 0. The number of amides is 2. The molecule has 0 unspecified atom stereocenters. The second-order valence-electron chi connectivity index (χ2n) is 6.64. The summed E-state index contributed by atoms with van der Waals surface area (Å²) in [6, 6.07) is 16.9. The van der Waals surface area contributed by atoms with Crippen molar-refractivity contribution in [2.24, 2.45) is 0 Å². The second kappa shape index (κ2) is 11.3. The van der Waals surface area contributed by atoms with Gasteiger partial charge in [-0.1, -0.05) is 46.3 Å². The average Bonchev–Trinajstić information content (AvgIpc) is 2.78. The number of ether oxygens (including phenoxy) is 2. The minimum Gasteiger partial charge on any atom is -0.484 e. The van der Waals surface area contributed by atoms with Crippen LogP contribution >= 0.6 is 44.1 Å². The number of hydrazine groups is 1. The molecule has 3 aromatic rings. The molecule has 32 heavy (non-hydrogen) atoms. The van der Waals surface area contributed by atoms with Crippen LogP contribution in [0.15, 0.2) is 63.5 Å². The molecule has 0 saturated heterocycles. The van der Waals surface area contributed by atoms with Crippen LogP contribution in [0.3, 0.4) is 0 Å². The first-order chi connectivity index (χ1) is 15.3. The van der Waals surface area contributed by atoms with Crippen LogP contribution < -0.4 is 25.6 Å². The molecule has 0 aliphatic rings. The zero-order valence-corrected chi connectivity index (χ0v) is 20.9. The highest BCUT2D eigenvalue weighted by atomic mass is 79.9. The molecule has 0 aliphatic carbocycles. The Labute approximate surface area is 207 Å². The lowest BCUT2D eigenvalue weighted by Crippen LogP contribution is -2.50. The van der Waals surface area contributed by atoms with Gasteiger partial charge in [-0.05, 0) is 75.7 Å².